The van der Waals surface area contributed by atoms with Crippen LogP contribution in [0.15, 0.2) is 67.0 Å². The molecule has 0 fully saturated rings. The van der Waals surface area contributed by atoms with E-state index in [4.69, 9.17) is 11.6 Å². The van der Waals surface area contributed by atoms with Gasteiger partial charge in [0, 0.05) is 16.8 Å². The van der Waals surface area contributed by atoms with E-state index in [-0.39, 0.29) is 5.91 Å². The average Bonchev–Trinajstić information content (AvgIpc) is 3.38. The summed E-state index contributed by atoms with van der Waals surface area (Å²) in [6.07, 6.45) is 3.25. The lowest BCUT2D eigenvalue weighted by molar-refractivity contribution is 0.102. The van der Waals surface area contributed by atoms with Crippen molar-refractivity contribution in [1.82, 2.24) is 24.4 Å². The van der Waals surface area contributed by atoms with Crippen molar-refractivity contribution in [1.29, 1.82) is 0 Å². The smallest absolute Gasteiger partial charge is 0.261 e. The van der Waals surface area contributed by atoms with Gasteiger partial charge in [0.1, 0.15) is 5.56 Å². The SMILES string of the molecule is Cc1ccc(-c2ccnc3c(C(=O)Nc4c(C)nn(Cc5ccccc5Cl)c4C)cnn23)cc1. The monoisotopic (exact) mass is 470 g/mol. The third kappa shape index (κ3) is 3.95. The molecule has 7 nitrogen and oxygen atoms in total. The van der Waals surface area contributed by atoms with Crippen molar-refractivity contribution in [3.8, 4) is 11.3 Å². The van der Waals surface area contributed by atoms with E-state index in [2.05, 4.69) is 20.5 Å². The molecule has 3 aromatic heterocycles. The molecular weight excluding hydrogens is 448 g/mol. The Hall–Kier alpha value is -3.97. The van der Waals surface area contributed by atoms with E-state index in [1.165, 1.54) is 5.56 Å². The van der Waals surface area contributed by atoms with Gasteiger partial charge in [0.2, 0.25) is 0 Å². The first-order valence-electron chi connectivity index (χ1n) is 10.9. The van der Waals surface area contributed by atoms with Crippen LogP contribution in [-0.2, 0) is 6.54 Å². The van der Waals surface area contributed by atoms with Gasteiger partial charge in [-0.1, -0.05) is 59.6 Å². The fourth-order valence-electron chi connectivity index (χ4n) is 4.00. The molecule has 1 N–H and O–H groups in total. The molecule has 0 aliphatic carbocycles. The molecule has 0 aliphatic heterocycles. The molecule has 0 saturated heterocycles. The van der Waals surface area contributed by atoms with Crippen LogP contribution >= 0.6 is 11.6 Å². The quantitative estimate of drug-likeness (QED) is 0.369. The maximum atomic E-state index is 13.2. The molecule has 0 atom stereocenters. The number of benzene rings is 2. The lowest BCUT2D eigenvalue weighted by Gasteiger charge is -2.08. The van der Waals surface area contributed by atoms with Crippen LogP contribution in [0.4, 0.5) is 5.69 Å². The van der Waals surface area contributed by atoms with Crippen LogP contribution in [0.25, 0.3) is 16.9 Å². The number of nitrogens with zero attached hydrogens (tertiary/aromatic N) is 5. The van der Waals surface area contributed by atoms with Gasteiger partial charge in [-0.3, -0.25) is 9.48 Å². The zero-order chi connectivity index (χ0) is 23.8. The van der Waals surface area contributed by atoms with Crippen molar-refractivity contribution in [2.24, 2.45) is 0 Å². The van der Waals surface area contributed by atoms with E-state index in [1.807, 2.05) is 80.1 Å². The van der Waals surface area contributed by atoms with Crippen LogP contribution in [0, 0.1) is 20.8 Å². The maximum Gasteiger partial charge on any atom is 0.261 e. The minimum absolute atomic E-state index is 0.285. The molecule has 8 heteroatoms. The Labute approximate surface area is 202 Å². The molecule has 2 aromatic carbocycles. The molecule has 1 amide bonds. The second-order valence-corrected chi connectivity index (χ2v) is 8.65. The Morgan fingerprint density at radius 2 is 1.79 bits per heavy atom. The molecule has 0 spiro atoms. The lowest BCUT2D eigenvalue weighted by Crippen LogP contribution is -2.13. The van der Waals surface area contributed by atoms with Crippen molar-refractivity contribution < 1.29 is 4.79 Å². The number of carbonyl (C=O) groups is 1. The molecule has 5 rings (SSSR count). The predicted octanol–water partition coefficient (Wildman–Crippen LogP) is 5.47. The summed E-state index contributed by atoms with van der Waals surface area (Å²) in [6.45, 7) is 6.36. The van der Waals surface area contributed by atoms with E-state index in [1.54, 1.807) is 16.9 Å². The van der Waals surface area contributed by atoms with Crippen LogP contribution in [0.5, 0.6) is 0 Å². The van der Waals surface area contributed by atoms with Gasteiger partial charge in [-0.15, -0.1) is 0 Å². The van der Waals surface area contributed by atoms with Crippen LogP contribution in [0.3, 0.4) is 0 Å². The summed E-state index contributed by atoms with van der Waals surface area (Å²) in [5.41, 5.74) is 7.13. The number of aromatic nitrogens is 5. The molecule has 5 aromatic rings. The van der Waals surface area contributed by atoms with Gasteiger partial charge in [0.25, 0.3) is 5.91 Å². The fraction of sp³-hybridized carbons (Fsp3) is 0.154. The summed E-state index contributed by atoms with van der Waals surface area (Å²) in [5, 5.41) is 12.8. The summed E-state index contributed by atoms with van der Waals surface area (Å²) in [6, 6.07) is 17.7. The van der Waals surface area contributed by atoms with E-state index in [0.717, 1.165) is 28.2 Å². The second-order valence-electron chi connectivity index (χ2n) is 8.24. The van der Waals surface area contributed by atoms with Gasteiger partial charge in [-0.2, -0.15) is 10.2 Å². The number of hydrogen-bond acceptors (Lipinski definition) is 4. The van der Waals surface area contributed by atoms with E-state index in [9.17, 15) is 4.79 Å². The first-order chi connectivity index (χ1) is 16.4. The number of fused-ring (bicyclic) bond motifs is 1. The molecule has 0 bridgehead atoms. The standard InChI is InChI=1S/C26H23ClN6O/c1-16-8-10-19(11-9-16)23-12-13-28-25-21(14-29-33(23)25)26(34)30-24-17(2)31-32(18(24)3)15-20-6-4-5-7-22(20)27/h4-14H,15H2,1-3H3,(H,30,34). The Balaban J connectivity index is 1.45. The number of aryl methyl sites for hydroxylation is 2. The lowest BCUT2D eigenvalue weighted by atomic mass is 10.1. The molecular formula is C26H23ClN6O. The van der Waals surface area contributed by atoms with Crippen molar-refractivity contribution in [3.05, 3.63) is 100 Å². The second kappa shape index (κ2) is 8.76. The molecule has 170 valence electrons. The highest BCUT2D eigenvalue weighted by atomic mass is 35.5. The largest absolute Gasteiger partial charge is 0.319 e. The zero-order valence-corrected chi connectivity index (χ0v) is 19.8. The van der Waals surface area contributed by atoms with Crippen molar-refractivity contribution in [2.75, 3.05) is 5.32 Å². The number of rotatable bonds is 5. The zero-order valence-electron chi connectivity index (χ0n) is 19.1. The van der Waals surface area contributed by atoms with Crippen molar-refractivity contribution in [3.63, 3.8) is 0 Å². The molecule has 0 radical (unpaired) electrons. The third-order valence-electron chi connectivity index (χ3n) is 5.89. The van der Waals surface area contributed by atoms with Gasteiger partial charge in [0.05, 0.1) is 35.5 Å². The third-order valence-corrected chi connectivity index (χ3v) is 6.26. The molecule has 0 unspecified atom stereocenters. The van der Waals surface area contributed by atoms with Crippen LogP contribution in [0.2, 0.25) is 5.02 Å². The Bertz CT molecular complexity index is 1520. The van der Waals surface area contributed by atoms with E-state index < -0.39 is 0 Å². The molecule has 34 heavy (non-hydrogen) atoms. The van der Waals surface area contributed by atoms with Gasteiger partial charge < -0.3 is 5.32 Å². The van der Waals surface area contributed by atoms with Crippen LogP contribution in [0.1, 0.15) is 32.9 Å². The minimum atomic E-state index is -0.285. The summed E-state index contributed by atoms with van der Waals surface area (Å²) in [5.74, 6) is -0.285. The Morgan fingerprint density at radius 3 is 2.56 bits per heavy atom. The van der Waals surface area contributed by atoms with Gasteiger partial charge in [-0.05, 0) is 38.5 Å². The number of halogens is 1. The highest BCUT2D eigenvalue weighted by molar-refractivity contribution is 6.31. The normalized spacial score (nSPS) is 11.2. The summed E-state index contributed by atoms with van der Waals surface area (Å²) >= 11 is 6.32. The summed E-state index contributed by atoms with van der Waals surface area (Å²) in [7, 11) is 0. The topological polar surface area (TPSA) is 77.1 Å². The fourth-order valence-corrected chi connectivity index (χ4v) is 4.19. The molecule has 3 heterocycles. The van der Waals surface area contributed by atoms with Gasteiger partial charge >= 0.3 is 0 Å². The van der Waals surface area contributed by atoms with Crippen molar-refractivity contribution >= 4 is 28.8 Å². The average molecular weight is 471 g/mol. The van der Waals surface area contributed by atoms with Crippen LogP contribution in [-0.4, -0.2) is 30.3 Å². The van der Waals surface area contributed by atoms with Crippen LogP contribution < -0.4 is 5.32 Å². The first kappa shape index (κ1) is 21.9. The Kier molecular flexibility index (Phi) is 5.63. The van der Waals surface area contributed by atoms with Crippen molar-refractivity contribution in [2.45, 2.75) is 27.3 Å². The van der Waals surface area contributed by atoms with E-state index in [0.29, 0.717) is 28.5 Å². The predicted molar refractivity (Wildman–Crippen MR) is 133 cm³/mol. The number of amides is 1. The maximum absolute atomic E-state index is 13.2. The minimum Gasteiger partial charge on any atom is -0.319 e. The number of nitrogens with one attached hydrogen (secondary N) is 1. The first-order valence-corrected chi connectivity index (χ1v) is 11.3. The number of hydrogen-bond donors (Lipinski definition) is 1. The highest BCUT2D eigenvalue weighted by Gasteiger charge is 2.20. The summed E-state index contributed by atoms with van der Waals surface area (Å²) < 4.78 is 3.54. The molecule has 0 saturated carbocycles. The van der Waals surface area contributed by atoms with Gasteiger partial charge in [0.15, 0.2) is 5.65 Å². The summed E-state index contributed by atoms with van der Waals surface area (Å²) in [4.78, 5) is 17.7. The molecule has 0 aliphatic rings. The van der Waals surface area contributed by atoms with Gasteiger partial charge in [-0.25, -0.2) is 9.50 Å². The van der Waals surface area contributed by atoms with E-state index >= 15 is 0 Å². The number of anilines is 1. The number of carbonyl (C=O) groups excluding carboxylic acids is 1. The highest BCUT2D eigenvalue weighted by Crippen LogP contribution is 2.25. The Morgan fingerprint density at radius 1 is 1.03 bits per heavy atom.